The Morgan fingerprint density at radius 3 is 2.68 bits per heavy atom. The highest BCUT2D eigenvalue weighted by molar-refractivity contribution is 5.34. The number of nitrogens with zero attached hydrogens (tertiary/aromatic N) is 3. The minimum Gasteiger partial charge on any atom is -0.354 e. The van der Waals surface area contributed by atoms with Crippen molar-refractivity contribution >= 4 is 5.95 Å². The zero-order chi connectivity index (χ0) is 13.4. The molecule has 1 atom stereocenters. The number of rotatable bonds is 2. The van der Waals surface area contributed by atoms with Gasteiger partial charge in [-0.2, -0.15) is 10.1 Å². The van der Waals surface area contributed by atoms with Crippen LogP contribution in [-0.4, -0.2) is 21.3 Å². The molecule has 0 saturated heterocycles. The van der Waals surface area contributed by atoms with Gasteiger partial charge in [0, 0.05) is 6.54 Å². The third-order valence-electron chi connectivity index (χ3n) is 3.72. The van der Waals surface area contributed by atoms with Crippen molar-refractivity contribution in [2.45, 2.75) is 39.2 Å². The van der Waals surface area contributed by atoms with Crippen LogP contribution >= 0.6 is 0 Å². The Labute approximate surface area is 113 Å². The van der Waals surface area contributed by atoms with Crippen LogP contribution in [0.5, 0.6) is 0 Å². The van der Waals surface area contributed by atoms with Crippen LogP contribution in [0.25, 0.3) is 0 Å². The van der Waals surface area contributed by atoms with E-state index in [1.807, 2.05) is 11.6 Å². The molecule has 4 nitrogen and oxygen atoms in total. The lowest BCUT2D eigenvalue weighted by atomic mass is 9.97. The maximum Gasteiger partial charge on any atom is 0.221 e. The molecule has 1 aromatic carbocycles. The Morgan fingerprint density at radius 1 is 1.26 bits per heavy atom. The molecule has 2 heterocycles. The molecule has 0 radical (unpaired) electrons. The van der Waals surface area contributed by atoms with Crippen LogP contribution in [0, 0.1) is 6.92 Å². The Balaban J connectivity index is 1.94. The van der Waals surface area contributed by atoms with Crippen LogP contribution < -0.4 is 5.32 Å². The highest BCUT2D eigenvalue weighted by atomic mass is 15.4. The number of aryl methyl sites for hydroxylation is 1. The van der Waals surface area contributed by atoms with Gasteiger partial charge >= 0.3 is 0 Å². The van der Waals surface area contributed by atoms with Gasteiger partial charge in [0.2, 0.25) is 5.95 Å². The van der Waals surface area contributed by atoms with Crippen molar-refractivity contribution in [1.29, 1.82) is 0 Å². The average molecular weight is 256 g/mol. The van der Waals surface area contributed by atoms with E-state index in [0.717, 1.165) is 24.7 Å². The lowest BCUT2D eigenvalue weighted by Gasteiger charge is -2.25. The number of anilines is 1. The van der Waals surface area contributed by atoms with E-state index >= 15 is 0 Å². The molecule has 3 rings (SSSR count). The van der Waals surface area contributed by atoms with Gasteiger partial charge in [-0.15, -0.1) is 0 Å². The summed E-state index contributed by atoms with van der Waals surface area (Å²) in [4.78, 5) is 4.41. The smallest absolute Gasteiger partial charge is 0.221 e. The first-order valence-corrected chi connectivity index (χ1v) is 6.92. The molecule has 1 unspecified atom stereocenters. The molecule has 1 aromatic heterocycles. The molecule has 0 saturated carbocycles. The van der Waals surface area contributed by atoms with Gasteiger partial charge in [-0.1, -0.05) is 38.1 Å². The quantitative estimate of drug-likeness (QED) is 0.897. The monoisotopic (exact) mass is 256 g/mol. The lowest BCUT2D eigenvalue weighted by molar-refractivity contribution is 0.478. The lowest BCUT2D eigenvalue weighted by Crippen LogP contribution is -2.24. The summed E-state index contributed by atoms with van der Waals surface area (Å²) < 4.78 is 2.02. The van der Waals surface area contributed by atoms with Gasteiger partial charge in [0.15, 0.2) is 0 Å². The number of hydrogen-bond donors (Lipinski definition) is 1. The largest absolute Gasteiger partial charge is 0.354 e. The topological polar surface area (TPSA) is 42.7 Å². The molecule has 100 valence electrons. The second kappa shape index (κ2) is 4.68. The third-order valence-corrected chi connectivity index (χ3v) is 3.72. The molecule has 0 bridgehead atoms. The standard InChI is InChI=1S/C15H20N4/c1-10(2)12-4-6-13(7-5-12)14-8-9-16-15-17-11(3)18-19(14)15/h4-7,10,14H,8-9H2,1-3H3,(H,16,17,18). The van der Waals surface area contributed by atoms with Gasteiger partial charge in [-0.25, -0.2) is 4.68 Å². The first kappa shape index (κ1) is 12.2. The predicted molar refractivity (Wildman–Crippen MR) is 76.5 cm³/mol. The van der Waals surface area contributed by atoms with Crippen molar-refractivity contribution in [3.63, 3.8) is 0 Å². The van der Waals surface area contributed by atoms with Crippen molar-refractivity contribution < 1.29 is 0 Å². The van der Waals surface area contributed by atoms with Crippen LogP contribution in [0.2, 0.25) is 0 Å². The van der Waals surface area contributed by atoms with Gasteiger partial charge in [0.1, 0.15) is 5.82 Å². The number of hydrogen-bond acceptors (Lipinski definition) is 3. The minimum absolute atomic E-state index is 0.304. The van der Waals surface area contributed by atoms with E-state index < -0.39 is 0 Å². The normalized spacial score (nSPS) is 18.2. The van der Waals surface area contributed by atoms with E-state index in [4.69, 9.17) is 0 Å². The molecule has 0 fully saturated rings. The van der Waals surface area contributed by atoms with Gasteiger partial charge in [-0.05, 0) is 30.4 Å². The Bertz CT molecular complexity index is 568. The zero-order valence-corrected chi connectivity index (χ0v) is 11.7. The highest BCUT2D eigenvalue weighted by Crippen LogP contribution is 2.29. The van der Waals surface area contributed by atoms with Crippen molar-refractivity contribution in [2.75, 3.05) is 11.9 Å². The summed E-state index contributed by atoms with van der Waals surface area (Å²) in [5.74, 6) is 2.29. The summed E-state index contributed by atoms with van der Waals surface area (Å²) in [7, 11) is 0. The summed E-state index contributed by atoms with van der Waals surface area (Å²) in [6.45, 7) is 7.33. The summed E-state index contributed by atoms with van der Waals surface area (Å²) in [6, 6.07) is 9.22. The van der Waals surface area contributed by atoms with E-state index in [9.17, 15) is 0 Å². The average Bonchev–Trinajstić information content (AvgIpc) is 2.78. The summed E-state index contributed by atoms with van der Waals surface area (Å²) in [5, 5.41) is 7.81. The molecule has 0 amide bonds. The van der Waals surface area contributed by atoms with Gasteiger partial charge in [-0.3, -0.25) is 0 Å². The predicted octanol–water partition coefficient (Wildman–Crippen LogP) is 3.11. The molecule has 1 aliphatic rings. The van der Waals surface area contributed by atoms with E-state index in [0.29, 0.717) is 12.0 Å². The Hall–Kier alpha value is -1.84. The van der Waals surface area contributed by atoms with Crippen LogP contribution in [-0.2, 0) is 0 Å². The molecule has 2 aromatic rings. The first-order chi connectivity index (χ1) is 9.15. The SMILES string of the molecule is Cc1nc2n(n1)C(c1ccc(C(C)C)cc1)CCN2. The fourth-order valence-electron chi connectivity index (χ4n) is 2.62. The van der Waals surface area contributed by atoms with Crippen LogP contribution in [0.4, 0.5) is 5.95 Å². The molecular formula is C15H20N4. The van der Waals surface area contributed by atoms with E-state index in [2.05, 4.69) is 53.5 Å². The van der Waals surface area contributed by atoms with Crippen molar-refractivity contribution in [1.82, 2.24) is 14.8 Å². The van der Waals surface area contributed by atoms with Gasteiger partial charge in [0.05, 0.1) is 6.04 Å². The Morgan fingerprint density at radius 2 is 2.00 bits per heavy atom. The number of aromatic nitrogens is 3. The first-order valence-electron chi connectivity index (χ1n) is 6.92. The highest BCUT2D eigenvalue weighted by Gasteiger charge is 2.23. The molecule has 0 spiro atoms. The third kappa shape index (κ3) is 2.23. The minimum atomic E-state index is 0.304. The Kier molecular flexibility index (Phi) is 3.01. The number of fused-ring (bicyclic) bond motifs is 1. The second-order valence-electron chi connectivity index (χ2n) is 5.48. The van der Waals surface area contributed by atoms with Gasteiger partial charge < -0.3 is 5.32 Å². The van der Waals surface area contributed by atoms with E-state index in [1.165, 1.54) is 11.1 Å². The summed E-state index contributed by atoms with van der Waals surface area (Å²) >= 11 is 0. The molecule has 1 N–H and O–H groups in total. The van der Waals surface area contributed by atoms with Crippen molar-refractivity contribution in [3.8, 4) is 0 Å². The fourth-order valence-corrected chi connectivity index (χ4v) is 2.62. The van der Waals surface area contributed by atoms with Crippen molar-refractivity contribution in [2.24, 2.45) is 0 Å². The van der Waals surface area contributed by atoms with Gasteiger partial charge in [0.25, 0.3) is 0 Å². The van der Waals surface area contributed by atoms with Crippen molar-refractivity contribution in [3.05, 3.63) is 41.2 Å². The molecule has 19 heavy (non-hydrogen) atoms. The summed E-state index contributed by atoms with van der Waals surface area (Å²) in [5.41, 5.74) is 2.70. The molecule has 1 aliphatic heterocycles. The van der Waals surface area contributed by atoms with E-state index in [1.54, 1.807) is 0 Å². The van der Waals surface area contributed by atoms with Crippen LogP contribution in [0.15, 0.2) is 24.3 Å². The molecule has 4 heteroatoms. The number of benzene rings is 1. The zero-order valence-electron chi connectivity index (χ0n) is 11.7. The van der Waals surface area contributed by atoms with Crippen LogP contribution in [0.1, 0.15) is 49.2 Å². The van der Waals surface area contributed by atoms with E-state index in [-0.39, 0.29) is 0 Å². The molecule has 0 aliphatic carbocycles. The maximum atomic E-state index is 4.51. The van der Waals surface area contributed by atoms with Crippen LogP contribution in [0.3, 0.4) is 0 Å². The molecular weight excluding hydrogens is 236 g/mol. The maximum absolute atomic E-state index is 4.51. The second-order valence-corrected chi connectivity index (χ2v) is 5.48. The number of nitrogens with one attached hydrogen (secondary N) is 1. The fraction of sp³-hybridized carbons (Fsp3) is 0.467. The summed E-state index contributed by atoms with van der Waals surface area (Å²) in [6.07, 6.45) is 1.05.